The molecule has 0 aliphatic rings. The van der Waals surface area contributed by atoms with Gasteiger partial charge in [0.05, 0.1) is 11.5 Å². The zero-order chi connectivity index (χ0) is 15.5. The zero-order valence-electron chi connectivity index (χ0n) is 11.5. The third-order valence-electron chi connectivity index (χ3n) is 3.06. The van der Waals surface area contributed by atoms with E-state index in [-0.39, 0.29) is 11.5 Å². The van der Waals surface area contributed by atoms with Crippen LogP contribution >= 0.6 is 27.3 Å². The fourth-order valence-electron chi connectivity index (χ4n) is 1.93. The molecule has 0 atom stereocenters. The van der Waals surface area contributed by atoms with E-state index in [0.717, 1.165) is 4.88 Å². The topological polar surface area (TPSA) is 57.6 Å². The largest absolute Gasteiger partial charge is 0.392 e. The Morgan fingerprint density at radius 2 is 2.10 bits per heavy atom. The second-order valence-corrected chi connectivity index (χ2v) is 8.23. The summed E-state index contributed by atoms with van der Waals surface area (Å²) in [6, 6.07) is 8.61. The van der Waals surface area contributed by atoms with E-state index in [1.807, 2.05) is 24.4 Å². The third-order valence-corrected chi connectivity index (χ3v) is 6.82. The SMILES string of the molecule is CCN(Cc1cccs1)S(=O)(=O)c1ccc(CO)cc1Br. The molecule has 0 fully saturated rings. The van der Waals surface area contributed by atoms with E-state index in [4.69, 9.17) is 5.11 Å². The predicted molar refractivity (Wildman–Crippen MR) is 87.7 cm³/mol. The molecule has 0 saturated heterocycles. The molecule has 21 heavy (non-hydrogen) atoms. The van der Waals surface area contributed by atoms with Crippen molar-refractivity contribution in [3.63, 3.8) is 0 Å². The lowest BCUT2D eigenvalue weighted by molar-refractivity contribution is 0.281. The summed E-state index contributed by atoms with van der Waals surface area (Å²) in [5.41, 5.74) is 0.669. The van der Waals surface area contributed by atoms with Crippen LogP contribution in [0.25, 0.3) is 0 Å². The van der Waals surface area contributed by atoms with Crippen molar-refractivity contribution in [3.05, 3.63) is 50.6 Å². The second-order valence-electron chi connectivity index (χ2n) is 4.43. The van der Waals surface area contributed by atoms with Crippen LogP contribution in [0.3, 0.4) is 0 Å². The van der Waals surface area contributed by atoms with Crippen molar-refractivity contribution in [1.29, 1.82) is 0 Å². The van der Waals surface area contributed by atoms with Crippen molar-refractivity contribution >= 4 is 37.3 Å². The van der Waals surface area contributed by atoms with Gasteiger partial charge >= 0.3 is 0 Å². The second kappa shape index (κ2) is 7.02. The first-order valence-electron chi connectivity index (χ1n) is 6.41. The van der Waals surface area contributed by atoms with Gasteiger partial charge in [-0.25, -0.2) is 8.42 Å². The lowest BCUT2D eigenvalue weighted by Crippen LogP contribution is -2.30. The zero-order valence-corrected chi connectivity index (χ0v) is 14.7. The lowest BCUT2D eigenvalue weighted by Gasteiger charge is -2.20. The molecule has 1 aromatic carbocycles. The number of hydrogen-bond acceptors (Lipinski definition) is 4. The van der Waals surface area contributed by atoms with Gasteiger partial charge in [0.1, 0.15) is 0 Å². The van der Waals surface area contributed by atoms with Gasteiger partial charge in [-0.3, -0.25) is 0 Å². The van der Waals surface area contributed by atoms with Crippen molar-refractivity contribution in [1.82, 2.24) is 4.31 Å². The Hall–Kier alpha value is -0.730. The van der Waals surface area contributed by atoms with Crippen LogP contribution in [0.2, 0.25) is 0 Å². The minimum Gasteiger partial charge on any atom is -0.392 e. The quantitative estimate of drug-likeness (QED) is 0.824. The highest BCUT2D eigenvalue weighted by molar-refractivity contribution is 9.10. The Balaban J connectivity index is 2.35. The molecule has 0 radical (unpaired) electrons. The molecule has 114 valence electrons. The fraction of sp³-hybridized carbons (Fsp3) is 0.286. The first-order chi connectivity index (χ1) is 9.98. The van der Waals surface area contributed by atoms with Crippen LogP contribution in [0.15, 0.2) is 45.1 Å². The van der Waals surface area contributed by atoms with Gasteiger partial charge < -0.3 is 5.11 Å². The Kier molecular flexibility index (Phi) is 5.56. The van der Waals surface area contributed by atoms with Crippen LogP contribution in [0.5, 0.6) is 0 Å². The molecule has 0 unspecified atom stereocenters. The molecule has 0 aliphatic carbocycles. The van der Waals surface area contributed by atoms with E-state index in [2.05, 4.69) is 15.9 Å². The van der Waals surface area contributed by atoms with Gasteiger partial charge in [-0.15, -0.1) is 11.3 Å². The molecule has 4 nitrogen and oxygen atoms in total. The van der Waals surface area contributed by atoms with Crippen LogP contribution < -0.4 is 0 Å². The lowest BCUT2D eigenvalue weighted by atomic mass is 10.2. The normalized spacial score (nSPS) is 12.0. The van der Waals surface area contributed by atoms with Crippen LogP contribution in [0, 0.1) is 0 Å². The summed E-state index contributed by atoms with van der Waals surface area (Å²) in [7, 11) is -3.57. The summed E-state index contributed by atoms with van der Waals surface area (Å²) < 4.78 is 27.4. The predicted octanol–water partition coefficient (Wildman–Crippen LogP) is 3.21. The monoisotopic (exact) mass is 389 g/mol. The number of rotatable bonds is 6. The average Bonchev–Trinajstić information content (AvgIpc) is 2.97. The third kappa shape index (κ3) is 3.73. The van der Waals surface area contributed by atoms with E-state index in [0.29, 0.717) is 23.1 Å². The number of nitrogens with zero attached hydrogens (tertiary/aromatic N) is 1. The summed E-state index contributed by atoms with van der Waals surface area (Å²) in [5.74, 6) is 0. The van der Waals surface area contributed by atoms with Crippen LogP contribution in [-0.4, -0.2) is 24.4 Å². The standard InChI is InChI=1S/C14H16BrNO3S2/c1-2-16(9-12-4-3-7-20-12)21(18,19)14-6-5-11(10-17)8-13(14)15/h3-8,17H,2,9-10H2,1H3. The number of sulfonamides is 1. The Morgan fingerprint density at radius 1 is 1.33 bits per heavy atom. The van der Waals surface area contributed by atoms with Crippen molar-refractivity contribution in [2.75, 3.05) is 6.54 Å². The van der Waals surface area contributed by atoms with E-state index in [9.17, 15) is 8.42 Å². The average molecular weight is 390 g/mol. The van der Waals surface area contributed by atoms with Crippen LogP contribution in [0.4, 0.5) is 0 Å². The number of thiophene rings is 1. The van der Waals surface area contributed by atoms with Gasteiger partial charge in [0, 0.05) is 22.4 Å². The van der Waals surface area contributed by atoms with E-state index >= 15 is 0 Å². The van der Waals surface area contributed by atoms with Crippen molar-refractivity contribution in [2.45, 2.75) is 25.0 Å². The molecule has 0 saturated carbocycles. The molecule has 0 amide bonds. The Bertz CT molecular complexity index is 699. The summed E-state index contributed by atoms with van der Waals surface area (Å²) in [4.78, 5) is 1.22. The van der Waals surface area contributed by atoms with Gasteiger partial charge in [0.25, 0.3) is 0 Å². The first kappa shape index (κ1) is 16.6. The van der Waals surface area contributed by atoms with Crippen LogP contribution in [0.1, 0.15) is 17.4 Å². The van der Waals surface area contributed by atoms with E-state index in [1.54, 1.807) is 12.1 Å². The summed E-state index contributed by atoms with van der Waals surface area (Å²) in [5, 5.41) is 11.0. The summed E-state index contributed by atoms with van der Waals surface area (Å²) >= 11 is 4.82. The van der Waals surface area contributed by atoms with Gasteiger partial charge in [-0.1, -0.05) is 19.1 Å². The van der Waals surface area contributed by atoms with E-state index < -0.39 is 10.0 Å². The van der Waals surface area contributed by atoms with Crippen molar-refractivity contribution < 1.29 is 13.5 Å². The number of benzene rings is 1. The van der Waals surface area contributed by atoms with Crippen molar-refractivity contribution in [3.8, 4) is 0 Å². The molecular formula is C14H16BrNO3S2. The molecule has 0 aliphatic heterocycles. The molecule has 0 spiro atoms. The molecule has 7 heteroatoms. The number of halogens is 1. The highest BCUT2D eigenvalue weighted by Gasteiger charge is 2.25. The highest BCUT2D eigenvalue weighted by Crippen LogP contribution is 2.27. The van der Waals surface area contributed by atoms with Crippen molar-refractivity contribution in [2.24, 2.45) is 0 Å². The van der Waals surface area contributed by atoms with Gasteiger partial charge in [-0.05, 0) is 45.1 Å². The fourth-order valence-corrected chi connectivity index (χ4v) is 5.25. The first-order valence-corrected chi connectivity index (χ1v) is 9.52. The minimum atomic E-state index is -3.57. The number of aliphatic hydroxyl groups is 1. The van der Waals surface area contributed by atoms with Gasteiger partial charge in [-0.2, -0.15) is 4.31 Å². The van der Waals surface area contributed by atoms with Crippen LogP contribution in [-0.2, 0) is 23.2 Å². The molecule has 1 N–H and O–H groups in total. The Labute approximate surface area is 137 Å². The number of aliphatic hydroxyl groups excluding tert-OH is 1. The minimum absolute atomic E-state index is 0.119. The maximum Gasteiger partial charge on any atom is 0.244 e. The maximum atomic E-state index is 12.7. The Morgan fingerprint density at radius 3 is 2.62 bits per heavy atom. The molecular weight excluding hydrogens is 374 g/mol. The molecule has 1 heterocycles. The molecule has 2 aromatic rings. The number of hydrogen-bond donors (Lipinski definition) is 1. The summed E-state index contributed by atoms with van der Waals surface area (Å²) in [6.07, 6.45) is 0. The van der Waals surface area contributed by atoms with Gasteiger partial charge in [0.2, 0.25) is 10.0 Å². The van der Waals surface area contributed by atoms with E-state index in [1.165, 1.54) is 21.7 Å². The highest BCUT2D eigenvalue weighted by atomic mass is 79.9. The van der Waals surface area contributed by atoms with Gasteiger partial charge in [0.15, 0.2) is 0 Å². The molecule has 0 bridgehead atoms. The molecule has 1 aromatic heterocycles. The summed E-state index contributed by atoms with van der Waals surface area (Å²) in [6.45, 7) is 2.46. The maximum absolute atomic E-state index is 12.7. The molecule has 2 rings (SSSR count). The smallest absolute Gasteiger partial charge is 0.244 e.